The maximum Gasteiger partial charge on any atom is 0.269 e. The minimum atomic E-state index is -0.223. The van der Waals surface area contributed by atoms with E-state index in [4.69, 9.17) is 39.5 Å². The van der Waals surface area contributed by atoms with Crippen molar-refractivity contribution in [2.45, 2.75) is 19.4 Å². The van der Waals surface area contributed by atoms with Gasteiger partial charge in [0, 0.05) is 17.8 Å². The Labute approximate surface area is 138 Å². The summed E-state index contributed by atoms with van der Waals surface area (Å²) in [5.41, 5.74) is -0.223. The Morgan fingerprint density at radius 3 is 2.43 bits per heavy atom. The largest absolute Gasteiger partial charge is 0.494 e. The van der Waals surface area contributed by atoms with E-state index >= 15 is 0 Å². The summed E-state index contributed by atoms with van der Waals surface area (Å²) in [5, 5.41) is 1.27. The van der Waals surface area contributed by atoms with E-state index in [9.17, 15) is 4.79 Å². The van der Waals surface area contributed by atoms with E-state index in [1.807, 2.05) is 12.1 Å². The Kier molecular flexibility index (Phi) is 5.97. The Morgan fingerprint density at radius 2 is 1.71 bits per heavy atom. The van der Waals surface area contributed by atoms with Crippen LogP contribution in [0, 0.1) is 0 Å². The standard InChI is InChI=1S/C15H14Cl3NO2/c16-11-3-5-13(6-4-11)21-8-2-1-7-19-10-12(17)9-14(18)15(19)20/h3-6,9-10H,1-2,7-8H2. The van der Waals surface area contributed by atoms with Crippen LogP contribution >= 0.6 is 34.8 Å². The van der Waals surface area contributed by atoms with Crippen LogP contribution < -0.4 is 10.3 Å². The molecule has 0 spiro atoms. The molecular weight excluding hydrogens is 333 g/mol. The zero-order chi connectivity index (χ0) is 15.2. The fraction of sp³-hybridized carbons (Fsp3) is 0.267. The topological polar surface area (TPSA) is 31.2 Å². The van der Waals surface area contributed by atoms with E-state index < -0.39 is 0 Å². The lowest BCUT2D eigenvalue weighted by Gasteiger charge is -2.08. The molecule has 0 saturated heterocycles. The van der Waals surface area contributed by atoms with E-state index in [-0.39, 0.29) is 10.6 Å². The Bertz CT molecular complexity index is 653. The molecule has 0 amide bonds. The summed E-state index contributed by atoms with van der Waals surface area (Å²) in [5.74, 6) is 0.780. The number of hydrogen-bond donors (Lipinski definition) is 0. The number of aryl methyl sites for hydroxylation is 1. The highest BCUT2D eigenvalue weighted by atomic mass is 35.5. The number of aromatic nitrogens is 1. The van der Waals surface area contributed by atoms with Crippen LogP contribution in [0.4, 0.5) is 0 Å². The van der Waals surface area contributed by atoms with Gasteiger partial charge in [-0.25, -0.2) is 0 Å². The van der Waals surface area contributed by atoms with Crippen LogP contribution in [0.2, 0.25) is 15.1 Å². The predicted molar refractivity (Wildman–Crippen MR) is 86.9 cm³/mol. The molecule has 3 nitrogen and oxygen atoms in total. The van der Waals surface area contributed by atoms with Crippen molar-refractivity contribution >= 4 is 34.8 Å². The molecule has 1 aromatic carbocycles. The fourth-order valence-corrected chi connectivity index (χ4v) is 2.47. The van der Waals surface area contributed by atoms with E-state index in [1.54, 1.807) is 18.3 Å². The van der Waals surface area contributed by atoms with Gasteiger partial charge in [0.2, 0.25) is 0 Å². The molecule has 0 bridgehead atoms. The maximum absolute atomic E-state index is 11.8. The van der Waals surface area contributed by atoms with E-state index in [0.29, 0.717) is 23.2 Å². The molecule has 2 rings (SSSR count). The van der Waals surface area contributed by atoms with Gasteiger partial charge < -0.3 is 9.30 Å². The second kappa shape index (κ2) is 7.74. The third-order valence-electron chi connectivity index (χ3n) is 2.88. The summed E-state index contributed by atoms with van der Waals surface area (Å²) in [6.07, 6.45) is 3.21. The first-order valence-electron chi connectivity index (χ1n) is 6.50. The zero-order valence-electron chi connectivity index (χ0n) is 11.2. The van der Waals surface area contributed by atoms with Gasteiger partial charge in [-0.3, -0.25) is 4.79 Å². The maximum atomic E-state index is 11.8. The zero-order valence-corrected chi connectivity index (χ0v) is 13.5. The van der Waals surface area contributed by atoms with Gasteiger partial charge in [-0.1, -0.05) is 34.8 Å². The fourth-order valence-electron chi connectivity index (χ4n) is 1.84. The third kappa shape index (κ3) is 4.95. The van der Waals surface area contributed by atoms with Gasteiger partial charge in [0.05, 0.1) is 11.6 Å². The molecule has 1 aromatic heterocycles. The first-order chi connectivity index (χ1) is 10.1. The molecular formula is C15H14Cl3NO2. The first-order valence-corrected chi connectivity index (χ1v) is 7.63. The SMILES string of the molecule is O=c1c(Cl)cc(Cl)cn1CCCCOc1ccc(Cl)cc1. The van der Waals surface area contributed by atoms with Crippen molar-refractivity contribution in [3.63, 3.8) is 0 Å². The number of nitrogens with zero attached hydrogens (tertiary/aromatic N) is 1. The second-order valence-electron chi connectivity index (χ2n) is 4.51. The highest BCUT2D eigenvalue weighted by Crippen LogP contribution is 2.16. The van der Waals surface area contributed by atoms with Crippen molar-refractivity contribution in [3.8, 4) is 5.75 Å². The van der Waals surface area contributed by atoms with Crippen LogP contribution in [0.15, 0.2) is 41.3 Å². The molecule has 0 N–H and O–H groups in total. The second-order valence-corrected chi connectivity index (χ2v) is 5.79. The summed E-state index contributed by atoms with van der Waals surface area (Å²) >= 11 is 17.5. The summed E-state index contributed by atoms with van der Waals surface area (Å²) in [7, 11) is 0. The van der Waals surface area contributed by atoms with Crippen LogP contribution in [0.5, 0.6) is 5.75 Å². The van der Waals surface area contributed by atoms with Crippen molar-refractivity contribution in [1.29, 1.82) is 0 Å². The molecule has 0 unspecified atom stereocenters. The molecule has 0 aliphatic rings. The average molecular weight is 347 g/mol. The van der Waals surface area contributed by atoms with Crippen LogP contribution in [0.1, 0.15) is 12.8 Å². The molecule has 0 aliphatic carbocycles. The minimum Gasteiger partial charge on any atom is -0.494 e. The lowest BCUT2D eigenvalue weighted by molar-refractivity contribution is 0.303. The monoisotopic (exact) mass is 345 g/mol. The lowest BCUT2D eigenvalue weighted by Crippen LogP contribution is -2.20. The molecule has 6 heteroatoms. The molecule has 0 atom stereocenters. The molecule has 1 heterocycles. The van der Waals surface area contributed by atoms with Gasteiger partial charge in [-0.05, 0) is 43.2 Å². The van der Waals surface area contributed by atoms with Crippen molar-refractivity contribution < 1.29 is 4.74 Å². The normalized spacial score (nSPS) is 10.6. The van der Waals surface area contributed by atoms with Crippen molar-refractivity contribution in [1.82, 2.24) is 4.57 Å². The van der Waals surface area contributed by atoms with Crippen LogP contribution in [-0.4, -0.2) is 11.2 Å². The van der Waals surface area contributed by atoms with Crippen molar-refractivity contribution in [2.75, 3.05) is 6.61 Å². The third-order valence-corrected chi connectivity index (χ3v) is 3.61. The first kappa shape index (κ1) is 16.2. The van der Waals surface area contributed by atoms with Gasteiger partial charge in [0.1, 0.15) is 10.8 Å². The summed E-state index contributed by atoms with van der Waals surface area (Å²) in [6.45, 7) is 1.13. The van der Waals surface area contributed by atoms with Gasteiger partial charge in [-0.15, -0.1) is 0 Å². The smallest absolute Gasteiger partial charge is 0.269 e. The van der Waals surface area contributed by atoms with Crippen LogP contribution in [-0.2, 0) is 6.54 Å². The lowest BCUT2D eigenvalue weighted by atomic mass is 10.3. The highest BCUT2D eigenvalue weighted by Gasteiger charge is 2.03. The van der Waals surface area contributed by atoms with Gasteiger partial charge >= 0.3 is 0 Å². The molecule has 2 aromatic rings. The molecule has 0 fully saturated rings. The van der Waals surface area contributed by atoms with Crippen LogP contribution in [0.25, 0.3) is 0 Å². The Balaban J connectivity index is 1.77. The number of benzene rings is 1. The number of halogens is 3. The van der Waals surface area contributed by atoms with Crippen molar-refractivity contribution in [2.24, 2.45) is 0 Å². The number of pyridine rings is 1. The predicted octanol–water partition coefficient (Wildman–Crippen LogP) is 4.67. The summed E-state index contributed by atoms with van der Waals surface area (Å²) in [4.78, 5) is 11.8. The van der Waals surface area contributed by atoms with Gasteiger partial charge in [0.15, 0.2) is 0 Å². The summed E-state index contributed by atoms with van der Waals surface area (Å²) < 4.78 is 7.10. The molecule has 0 radical (unpaired) electrons. The quantitative estimate of drug-likeness (QED) is 0.712. The summed E-state index contributed by atoms with van der Waals surface area (Å²) in [6, 6.07) is 8.66. The Hall–Kier alpha value is -1.16. The minimum absolute atomic E-state index is 0.139. The van der Waals surface area contributed by atoms with Gasteiger partial charge in [-0.2, -0.15) is 0 Å². The van der Waals surface area contributed by atoms with E-state index in [1.165, 1.54) is 10.6 Å². The average Bonchev–Trinajstić information content (AvgIpc) is 2.45. The highest BCUT2D eigenvalue weighted by molar-refractivity contribution is 6.34. The number of unbranched alkanes of at least 4 members (excludes halogenated alkanes) is 1. The molecule has 21 heavy (non-hydrogen) atoms. The molecule has 0 aliphatic heterocycles. The van der Waals surface area contributed by atoms with E-state index in [0.717, 1.165) is 18.6 Å². The van der Waals surface area contributed by atoms with Crippen LogP contribution in [0.3, 0.4) is 0 Å². The van der Waals surface area contributed by atoms with E-state index in [2.05, 4.69) is 0 Å². The number of rotatable bonds is 6. The van der Waals surface area contributed by atoms with Gasteiger partial charge in [0.25, 0.3) is 5.56 Å². The van der Waals surface area contributed by atoms with Crippen molar-refractivity contribution in [3.05, 3.63) is 62.0 Å². The Morgan fingerprint density at radius 1 is 1.00 bits per heavy atom. The number of ether oxygens (including phenoxy) is 1. The number of hydrogen-bond acceptors (Lipinski definition) is 2. The molecule has 0 saturated carbocycles. The molecule has 112 valence electrons.